The molecule has 3 aromatic rings. The number of nitrogens with two attached hydrogens (primary N) is 2. The zero-order chi connectivity index (χ0) is 20.0. The third kappa shape index (κ3) is 4.30. The van der Waals surface area contributed by atoms with E-state index in [0.717, 1.165) is 32.9 Å². The molecule has 0 atom stereocenters. The summed E-state index contributed by atoms with van der Waals surface area (Å²) in [6, 6.07) is 12.3. The van der Waals surface area contributed by atoms with Crippen LogP contribution >= 0.6 is 0 Å². The molecule has 5 N–H and O–H groups in total. The van der Waals surface area contributed by atoms with E-state index in [1.54, 1.807) is 0 Å². The Kier molecular flexibility index (Phi) is 4.50. The molecule has 0 aliphatic carbocycles. The summed E-state index contributed by atoms with van der Waals surface area (Å²) in [5.41, 5.74) is 16.0. The van der Waals surface area contributed by atoms with Crippen molar-refractivity contribution in [3.63, 3.8) is 0 Å². The van der Waals surface area contributed by atoms with Gasteiger partial charge in [0.2, 0.25) is 0 Å². The van der Waals surface area contributed by atoms with E-state index >= 15 is 0 Å². The molecule has 0 spiro atoms. The Morgan fingerprint density at radius 3 is 1.41 bits per heavy atom. The van der Waals surface area contributed by atoms with Crippen molar-refractivity contribution in [3.8, 4) is 0 Å². The average molecular weight is 364 g/mol. The second-order valence-corrected chi connectivity index (χ2v) is 8.98. The number of aromatic nitrogens is 1. The maximum atomic E-state index is 6.23. The third-order valence-electron chi connectivity index (χ3n) is 4.10. The van der Waals surface area contributed by atoms with Crippen molar-refractivity contribution in [2.75, 3.05) is 0 Å². The summed E-state index contributed by atoms with van der Waals surface area (Å²) in [6.45, 7) is 12.2. The number of nitrogens with zero attached hydrogens (tertiary/aromatic N) is 2. The summed E-state index contributed by atoms with van der Waals surface area (Å²) in [6.07, 6.45) is 0. The van der Waals surface area contributed by atoms with E-state index in [4.69, 9.17) is 11.5 Å². The van der Waals surface area contributed by atoms with Gasteiger partial charge >= 0.3 is 0 Å². The van der Waals surface area contributed by atoms with Gasteiger partial charge in [0.1, 0.15) is 11.7 Å². The van der Waals surface area contributed by atoms with Crippen molar-refractivity contribution in [1.82, 2.24) is 4.98 Å². The van der Waals surface area contributed by atoms with Crippen LogP contribution in [-0.2, 0) is 0 Å². The van der Waals surface area contributed by atoms with Gasteiger partial charge in [0.15, 0.2) is 0 Å². The Bertz CT molecular complexity index is 972. The second kappa shape index (κ2) is 6.41. The Morgan fingerprint density at radius 2 is 1.07 bits per heavy atom. The molecule has 3 rings (SSSR count). The Hall–Kier alpha value is -2.82. The van der Waals surface area contributed by atoms with Crippen LogP contribution in [0.5, 0.6) is 0 Å². The molecular formula is C22H29N5. The van der Waals surface area contributed by atoms with Gasteiger partial charge in [0.25, 0.3) is 0 Å². The van der Waals surface area contributed by atoms with E-state index in [9.17, 15) is 0 Å². The lowest BCUT2D eigenvalue weighted by Gasteiger charge is -2.14. The molecule has 0 aliphatic heterocycles. The minimum absolute atomic E-state index is 0.218. The highest BCUT2D eigenvalue weighted by Gasteiger charge is 2.13. The first-order valence-electron chi connectivity index (χ1n) is 9.20. The highest BCUT2D eigenvalue weighted by atomic mass is 14.9. The van der Waals surface area contributed by atoms with Crippen LogP contribution in [0.3, 0.4) is 0 Å². The molecule has 1 heterocycles. The van der Waals surface area contributed by atoms with Crippen LogP contribution in [0.1, 0.15) is 52.7 Å². The minimum Gasteiger partial charge on any atom is -0.383 e. The van der Waals surface area contributed by atoms with Crippen molar-refractivity contribution < 1.29 is 0 Å². The molecule has 0 bridgehead atoms. The number of hydrogen-bond acceptors (Lipinski definition) is 2. The minimum atomic E-state index is -0.218. The van der Waals surface area contributed by atoms with Gasteiger partial charge in [-0.3, -0.25) is 9.98 Å². The van der Waals surface area contributed by atoms with Crippen molar-refractivity contribution in [2.24, 2.45) is 21.5 Å². The molecule has 0 radical (unpaired) electrons. The summed E-state index contributed by atoms with van der Waals surface area (Å²) in [5.74, 6) is 1.09. The molecule has 0 aliphatic rings. The number of benzene rings is 2. The van der Waals surface area contributed by atoms with Crippen LogP contribution in [0, 0.1) is 0 Å². The molecule has 0 amide bonds. The standard InChI is InChI=1S/C22H29N5/c1-21(2,3)26-19(23)13-7-9-17-15(11-13)16-12-14(8-10-18(16)25-17)20(24)27-22(4,5)6/h7-12,25H,1-6H3,(H2,23,26)(H2,24,27). The lowest BCUT2D eigenvalue weighted by Crippen LogP contribution is -2.21. The third-order valence-corrected chi connectivity index (χ3v) is 4.10. The van der Waals surface area contributed by atoms with Gasteiger partial charge in [0, 0.05) is 32.9 Å². The summed E-state index contributed by atoms with van der Waals surface area (Å²) in [7, 11) is 0. The lowest BCUT2D eigenvalue weighted by molar-refractivity contribution is 0.583. The number of amidine groups is 2. The summed E-state index contributed by atoms with van der Waals surface area (Å²) >= 11 is 0. The highest BCUT2D eigenvalue weighted by Crippen LogP contribution is 2.27. The van der Waals surface area contributed by atoms with E-state index in [1.807, 2.05) is 65.8 Å². The second-order valence-electron chi connectivity index (χ2n) is 8.98. The molecule has 2 aromatic carbocycles. The monoisotopic (exact) mass is 363 g/mol. The van der Waals surface area contributed by atoms with Gasteiger partial charge in [-0.05, 0) is 77.9 Å². The Balaban J connectivity index is 2.15. The molecule has 1 aromatic heterocycles. The SMILES string of the molecule is CC(C)(C)N=C(N)c1ccc2[nH]c3ccc(C(N)=NC(C)(C)C)cc3c2c1. The van der Waals surface area contributed by atoms with E-state index < -0.39 is 0 Å². The Labute approximate surface area is 160 Å². The zero-order valence-electron chi connectivity index (χ0n) is 17.0. The fourth-order valence-corrected chi connectivity index (χ4v) is 3.07. The van der Waals surface area contributed by atoms with Crippen LogP contribution in [0.25, 0.3) is 21.8 Å². The summed E-state index contributed by atoms with van der Waals surface area (Å²) in [4.78, 5) is 12.6. The maximum absolute atomic E-state index is 6.23. The molecule has 5 nitrogen and oxygen atoms in total. The van der Waals surface area contributed by atoms with E-state index in [0.29, 0.717) is 11.7 Å². The highest BCUT2D eigenvalue weighted by molar-refractivity contribution is 6.12. The number of aliphatic imine (C=N–C) groups is 2. The van der Waals surface area contributed by atoms with Gasteiger partial charge in [-0.15, -0.1) is 0 Å². The van der Waals surface area contributed by atoms with Crippen LogP contribution in [0.15, 0.2) is 46.4 Å². The van der Waals surface area contributed by atoms with Gasteiger partial charge in [0.05, 0.1) is 11.1 Å². The average Bonchev–Trinajstić information content (AvgIpc) is 2.88. The molecule has 0 saturated heterocycles. The molecule has 142 valence electrons. The number of hydrogen-bond donors (Lipinski definition) is 3. The summed E-state index contributed by atoms with van der Waals surface area (Å²) < 4.78 is 0. The van der Waals surface area contributed by atoms with Gasteiger partial charge in [-0.2, -0.15) is 0 Å². The van der Waals surface area contributed by atoms with Gasteiger partial charge < -0.3 is 16.5 Å². The largest absolute Gasteiger partial charge is 0.383 e. The van der Waals surface area contributed by atoms with E-state index in [2.05, 4.69) is 27.1 Å². The first-order chi connectivity index (χ1) is 12.4. The number of nitrogens with one attached hydrogen (secondary N) is 1. The topological polar surface area (TPSA) is 92.5 Å². The van der Waals surface area contributed by atoms with Crippen LogP contribution in [-0.4, -0.2) is 27.7 Å². The first kappa shape index (κ1) is 19.0. The van der Waals surface area contributed by atoms with Crippen molar-refractivity contribution in [3.05, 3.63) is 47.5 Å². The van der Waals surface area contributed by atoms with Crippen LogP contribution < -0.4 is 11.5 Å². The predicted molar refractivity (Wildman–Crippen MR) is 117 cm³/mol. The Morgan fingerprint density at radius 1 is 0.704 bits per heavy atom. The number of rotatable bonds is 2. The fourth-order valence-electron chi connectivity index (χ4n) is 3.07. The number of H-pyrrole nitrogens is 1. The van der Waals surface area contributed by atoms with Gasteiger partial charge in [-0.25, -0.2) is 0 Å². The van der Waals surface area contributed by atoms with Crippen LogP contribution in [0.4, 0.5) is 0 Å². The smallest absolute Gasteiger partial charge is 0.126 e. The molecule has 0 saturated carbocycles. The maximum Gasteiger partial charge on any atom is 0.126 e. The molecule has 5 heteroatoms. The lowest BCUT2D eigenvalue weighted by atomic mass is 10.0. The van der Waals surface area contributed by atoms with Crippen molar-refractivity contribution in [2.45, 2.75) is 52.6 Å². The quantitative estimate of drug-likeness (QED) is 0.467. The van der Waals surface area contributed by atoms with E-state index in [-0.39, 0.29) is 11.1 Å². The zero-order valence-corrected chi connectivity index (χ0v) is 17.0. The van der Waals surface area contributed by atoms with Crippen LogP contribution in [0.2, 0.25) is 0 Å². The fraction of sp³-hybridized carbons (Fsp3) is 0.364. The van der Waals surface area contributed by atoms with E-state index in [1.165, 1.54) is 0 Å². The number of fused-ring (bicyclic) bond motifs is 3. The molecule has 0 unspecified atom stereocenters. The first-order valence-corrected chi connectivity index (χ1v) is 9.20. The van der Waals surface area contributed by atoms with Crippen molar-refractivity contribution in [1.29, 1.82) is 0 Å². The predicted octanol–water partition coefficient (Wildman–Crippen LogP) is 4.33. The summed E-state index contributed by atoms with van der Waals surface area (Å²) in [5, 5.41) is 2.19. The molecule has 27 heavy (non-hydrogen) atoms. The van der Waals surface area contributed by atoms with Gasteiger partial charge in [-0.1, -0.05) is 0 Å². The molecule has 0 fully saturated rings. The van der Waals surface area contributed by atoms with Crippen molar-refractivity contribution >= 4 is 33.5 Å². The number of aromatic amines is 1. The molecular weight excluding hydrogens is 334 g/mol. The normalized spacial score (nSPS) is 14.3.